The van der Waals surface area contributed by atoms with Gasteiger partial charge in [-0.15, -0.1) is 11.3 Å². The molecule has 0 aliphatic carbocycles. The molecule has 1 atom stereocenters. The van der Waals surface area contributed by atoms with Crippen molar-refractivity contribution in [1.82, 2.24) is 14.9 Å². The van der Waals surface area contributed by atoms with Crippen LogP contribution in [0.1, 0.15) is 37.4 Å². The molecule has 2 aromatic rings. The Balaban J connectivity index is 0.000000516. The van der Waals surface area contributed by atoms with Crippen LogP contribution in [0.25, 0.3) is 10.2 Å². The van der Waals surface area contributed by atoms with Gasteiger partial charge in [0, 0.05) is 6.20 Å². The van der Waals surface area contributed by atoms with Crippen LogP contribution in [-0.4, -0.2) is 41.0 Å². The Bertz CT molecular complexity index is 900. The van der Waals surface area contributed by atoms with E-state index in [1.165, 1.54) is 17.7 Å². The van der Waals surface area contributed by atoms with Crippen LogP contribution in [0.15, 0.2) is 61.3 Å². The number of nitrogens with zero attached hydrogens (tertiary/aromatic N) is 3. The molecule has 0 aliphatic heterocycles. The van der Waals surface area contributed by atoms with Gasteiger partial charge in [-0.3, -0.25) is 4.79 Å². The second kappa shape index (κ2) is 12.5. The molecule has 6 nitrogen and oxygen atoms in total. The molecule has 1 unspecified atom stereocenters. The number of aromatic nitrogens is 2. The van der Waals surface area contributed by atoms with E-state index >= 15 is 0 Å². The molecule has 0 bridgehead atoms. The lowest BCUT2D eigenvalue weighted by molar-refractivity contribution is 0.0805. The van der Waals surface area contributed by atoms with Crippen LogP contribution >= 0.6 is 11.3 Å². The molecule has 29 heavy (non-hydrogen) atoms. The molecule has 156 valence electrons. The van der Waals surface area contributed by atoms with Crippen LogP contribution in [0.3, 0.4) is 0 Å². The largest absolute Gasteiger partial charge is 0.501 e. The third-order valence-corrected chi connectivity index (χ3v) is 4.86. The van der Waals surface area contributed by atoms with Crippen molar-refractivity contribution in [2.75, 3.05) is 14.2 Å². The molecule has 0 aromatic carbocycles. The lowest BCUT2D eigenvalue weighted by Crippen LogP contribution is -2.32. The van der Waals surface area contributed by atoms with E-state index in [1.54, 1.807) is 43.5 Å². The second-order valence-corrected chi connectivity index (χ2v) is 6.92. The molecular weight excluding hydrogens is 386 g/mol. The first kappa shape index (κ1) is 24.1. The predicted molar refractivity (Wildman–Crippen MR) is 120 cm³/mol. The number of allylic oxidation sites excluding steroid dienone is 5. The molecule has 2 rings (SSSR count). The highest BCUT2D eigenvalue weighted by atomic mass is 32.1. The van der Waals surface area contributed by atoms with E-state index in [1.807, 2.05) is 45.9 Å². The molecule has 2 heterocycles. The summed E-state index contributed by atoms with van der Waals surface area (Å²) in [7, 11) is 3.19. The number of rotatable bonds is 7. The van der Waals surface area contributed by atoms with E-state index in [0.29, 0.717) is 10.8 Å². The van der Waals surface area contributed by atoms with E-state index in [2.05, 4.69) is 16.5 Å². The minimum atomic E-state index is -0.0613. The Labute approximate surface area is 176 Å². The van der Waals surface area contributed by atoms with Crippen LogP contribution < -0.4 is 4.74 Å². The first-order valence-electron chi connectivity index (χ1n) is 9.13. The standard InChI is InChI=1S/C16H19N3O2S.C6H10O/c1-5-7-11(3)19(8-6-2)16(20)13-9-12-14(21-4)17-10-18-15(12)22-13;1-4-5-6(2)7-3/h5-11H,1-4H3;4-5H,1H2,2-3H3/b7-5-,8-6-;6-5+. The molecule has 0 saturated heterocycles. The number of methoxy groups -OCH3 is 2. The average Bonchev–Trinajstić information content (AvgIpc) is 3.16. The molecule has 1 amide bonds. The molecule has 0 radical (unpaired) electrons. The van der Waals surface area contributed by atoms with Crippen molar-refractivity contribution in [1.29, 1.82) is 0 Å². The van der Waals surface area contributed by atoms with Gasteiger partial charge in [-0.1, -0.05) is 30.9 Å². The third kappa shape index (κ3) is 6.87. The fraction of sp³-hybridized carbons (Fsp3) is 0.318. The van der Waals surface area contributed by atoms with Crippen LogP contribution in [0, 0.1) is 0 Å². The normalized spacial score (nSPS) is 12.6. The van der Waals surface area contributed by atoms with E-state index in [-0.39, 0.29) is 11.9 Å². The number of carbonyl (C=O) groups is 1. The highest BCUT2D eigenvalue weighted by molar-refractivity contribution is 7.20. The van der Waals surface area contributed by atoms with Gasteiger partial charge in [0.1, 0.15) is 11.2 Å². The van der Waals surface area contributed by atoms with Gasteiger partial charge in [0.05, 0.1) is 36.3 Å². The van der Waals surface area contributed by atoms with Crippen LogP contribution in [0.4, 0.5) is 0 Å². The molecular formula is C22H29N3O3S. The topological polar surface area (TPSA) is 64.6 Å². The Morgan fingerprint density at radius 2 is 2.00 bits per heavy atom. The number of thiophene rings is 1. The minimum Gasteiger partial charge on any atom is -0.501 e. The van der Waals surface area contributed by atoms with E-state index in [0.717, 1.165) is 16.0 Å². The highest BCUT2D eigenvalue weighted by Crippen LogP contribution is 2.30. The van der Waals surface area contributed by atoms with Gasteiger partial charge >= 0.3 is 0 Å². The van der Waals surface area contributed by atoms with E-state index < -0.39 is 0 Å². The van der Waals surface area contributed by atoms with E-state index in [4.69, 9.17) is 9.47 Å². The molecule has 2 aromatic heterocycles. The quantitative estimate of drug-likeness (QED) is 0.346. The summed E-state index contributed by atoms with van der Waals surface area (Å²) in [4.78, 5) is 24.1. The van der Waals surface area contributed by atoms with Gasteiger partial charge < -0.3 is 14.4 Å². The number of fused-ring (bicyclic) bond motifs is 1. The van der Waals surface area contributed by atoms with Crippen molar-refractivity contribution >= 4 is 27.5 Å². The summed E-state index contributed by atoms with van der Waals surface area (Å²) in [6.45, 7) is 11.2. The summed E-state index contributed by atoms with van der Waals surface area (Å²) in [5.74, 6) is 1.31. The maximum absolute atomic E-state index is 12.8. The first-order chi connectivity index (χ1) is 13.9. The highest BCUT2D eigenvalue weighted by Gasteiger charge is 2.21. The number of hydrogen-bond donors (Lipinski definition) is 0. The van der Waals surface area contributed by atoms with Crippen LogP contribution in [0.2, 0.25) is 0 Å². The number of hydrogen-bond acceptors (Lipinski definition) is 6. The summed E-state index contributed by atoms with van der Waals surface area (Å²) in [6.07, 6.45) is 12.5. The molecule has 0 fully saturated rings. The van der Waals surface area contributed by atoms with Crippen LogP contribution in [-0.2, 0) is 4.74 Å². The Morgan fingerprint density at radius 1 is 1.28 bits per heavy atom. The molecule has 7 heteroatoms. The van der Waals surface area contributed by atoms with Gasteiger partial charge in [0.25, 0.3) is 5.91 Å². The van der Waals surface area contributed by atoms with Crippen molar-refractivity contribution in [3.8, 4) is 5.88 Å². The van der Waals surface area contributed by atoms with Crippen molar-refractivity contribution in [3.63, 3.8) is 0 Å². The maximum Gasteiger partial charge on any atom is 0.268 e. The van der Waals surface area contributed by atoms with Crippen LogP contribution in [0.5, 0.6) is 5.88 Å². The fourth-order valence-electron chi connectivity index (χ4n) is 2.38. The zero-order valence-corrected chi connectivity index (χ0v) is 18.7. The number of carbonyl (C=O) groups excluding carboxylic acids is 1. The minimum absolute atomic E-state index is 0.0214. The fourth-order valence-corrected chi connectivity index (χ4v) is 3.32. The van der Waals surface area contributed by atoms with Gasteiger partial charge in [-0.05, 0) is 39.8 Å². The molecule has 0 aliphatic rings. The van der Waals surface area contributed by atoms with Gasteiger partial charge in [0.2, 0.25) is 5.88 Å². The van der Waals surface area contributed by atoms with Crippen molar-refractivity contribution in [2.45, 2.75) is 33.7 Å². The smallest absolute Gasteiger partial charge is 0.268 e. The third-order valence-electron chi connectivity index (χ3n) is 3.83. The average molecular weight is 416 g/mol. The van der Waals surface area contributed by atoms with Crippen molar-refractivity contribution in [2.24, 2.45) is 0 Å². The van der Waals surface area contributed by atoms with Gasteiger partial charge in [-0.25, -0.2) is 9.97 Å². The second-order valence-electron chi connectivity index (χ2n) is 5.89. The Kier molecular flexibility index (Phi) is 10.4. The Hall–Kier alpha value is -2.93. The van der Waals surface area contributed by atoms with Gasteiger partial charge in [-0.2, -0.15) is 0 Å². The maximum atomic E-state index is 12.8. The van der Waals surface area contributed by atoms with E-state index in [9.17, 15) is 4.79 Å². The number of ether oxygens (including phenoxy) is 2. The number of amides is 1. The zero-order valence-electron chi connectivity index (χ0n) is 17.9. The summed E-state index contributed by atoms with van der Waals surface area (Å²) in [5.41, 5.74) is 0. The van der Waals surface area contributed by atoms with Crippen molar-refractivity contribution < 1.29 is 14.3 Å². The summed E-state index contributed by atoms with van der Waals surface area (Å²) < 4.78 is 10.0. The first-order valence-corrected chi connectivity index (χ1v) is 9.95. The summed E-state index contributed by atoms with van der Waals surface area (Å²) in [6, 6.07) is 1.77. The molecule has 0 saturated carbocycles. The Morgan fingerprint density at radius 3 is 2.52 bits per heavy atom. The zero-order chi connectivity index (χ0) is 21.8. The monoisotopic (exact) mass is 415 g/mol. The summed E-state index contributed by atoms with van der Waals surface area (Å²) >= 11 is 1.34. The SMILES string of the molecule is C/C=C\C(C)N(/C=C\C)C(=O)c1cc2c(OC)ncnc2s1.C=C/C=C(\C)OC. The lowest BCUT2D eigenvalue weighted by atomic mass is 10.2. The van der Waals surface area contributed by atoms with Crippen molar-refractivity contribution in [3.05, 3.63) is 66.2 Å². The van der Waals surface area contributed by atoms with Gasteiger partial charge in [0.15, 0.2) is 0 Å². The molecule has 0 N–H and O–H groups in total. The molecule has 0 spiro atoms. The predicted octanol–water partition coefficient (Wildman–Crippen LogP) is 5.36. The summed E-state index contributed by atoms with van der Waals surface area (Å²) in [5, 5.41) is 0.762. The lowest BCUT2D eigenvalue weighted by Gasteiger charge is -2.22.